The molecule has 0 spiro atoms. The van der Waals surface area contributed by atoms with E-state index in [1.165, 1.54) is 6.07 Å². The molecule has 88 valence electrons. The van der Waals surface area contributed by atoms with Gasteiger partial charge < -0.3 is 12.9 Å². The van der Waals surface area contributed by atoms with Crippen LogP contribution in [-0.4, -0.2) is 12.7 Å². The van der Waals surface area contributed by atoms with Crippen molar-refractivity contribution < 1.29 is 64.3 Å². The van der Waals surface area contributed by atoms with Gasteiger partial charge in [0.1, 0.15) is 0 Å². The fourth-order valence-corrected chi connectivity index (χ4v) is 2.11. The van der Waals surface area contributed by atoms with E-state index in [0.29, 0.717) is 14.9 Å². The molecule has 0 aliphatic carbocycles. The Morgan fingerprint density at radius 3 is 2.29 bits per heavy atom. The Morgan fingerprint density at radius 2 is 1.82 bits per heavy atom. The van der Waals surface area contributed by atoms with Crippen molar-refractivity contribution in [3.05, 3.63) is 40.3 Å². The molecule has 1 rings (SSSR count). The first-order valence-electron chi connectivity index (χ1n) is 4.26. The second-order valence-corrected chi connectivity index (χ2v) is 4.96. The average Bonchev–Trinajstić information content (AvgIpc) is 2.18. The molecule has 0 nitrogen and oxygen atoms in total. The van der Waals surface area contributed by atoms with Crippen LogP contribution in [0.25, 0.3) is 0 Å². The Labute approximate surface area is 155 Å². The smallest absolute Gasteiger partial charge is 0.445 e. The monoisotopic (exact) mass is 324 g/mol. The molecule has 0 radical (unpaired) electrons. The summed E-state index contributed by atoms with van der Waals surface area (Å²) in [5.41, 5.74) is -0.712. The van der Waals surface area contributed by atoms with Gasteiger partial charge in [0, 0.05) is 4.90 Å². The summed E-state index contributed by atoms with van der Waals surface area (Å²) < 4.78 is 36.6. The van der Waals surface area contributed by atoms with Crippen molar-refractivity contribution in [1.29, 1.82) is 0 Å². The van der Waals surface area contributed by atoms with E-state index in [0.717, 1.165) is 11.8 Å². The van der Waals surface area contributed by atoms with Crippen molar-refractivity contribution in [2.24, 2.45) is 0 Å². The second-order valence-electron chi connectivity index (χ2n) is 3.10. The Morgan fingerprint density at radius 1 is 1.24 bits per heavy atom. The first-order chi connectivity index (χ1) is 7.30. The Kier molecular flexibility index (Phi) is 8.48. The number of thioether (sulfide) groups is 1. The maximum absolute atomic E-state index is 12.2. The molecule has 0 atom stereocenters. The van der Waals surface area contributed by atoms with Crippen molar-refractivity contribution in [1.82, 2.24) is 0 Å². The van der Waals surface area contributed by atoms with Crippen LogP contribution < -0.4 is 51.4 Å². The van der Waals surface area contributed by atoms with Crippen molar-refractivity contribution in [3.63, 3.8) is 0 Å². The Balaban J connectivity index is 0.00000256. The zero-order valence-electron chi connectivity index (χ0n) is 9.02. The van der Waals surface area contributed by atoms with Crippen LogP contribution in [0.2, 0.25) is 10.0 Å². The maximum Gasteiger partial charge on any atom is 1.00 e. The molecule has 0 bridgehead atoms. The first kappa shape index (κ1) is 18.4. The van der Waals surface area contributed by atoms with Gasteiger partial charge in [-0.25, -0.2) is 0 Å². The third kappa shape index (κ3) is 6.38. The quantitative estimate of drug-likeness (QED) is 0.603. The molecular formula is C9H7BCl2F3KS. The van der Waals surface area contributed by atoms with Gasteiger partial charge in [-0.2, -0.15) is 0 Å². The van der Waals surface area contributed by atoms with Crippen LogP contribution in [0.5, 0.6) is 0 Å². The normalized spacial score (nSPS) is 10.9. The summed E-state index contributed by atoms with van der Waals surface area (Å²) in [5, 5.41) is 0.708. The fraction of sp³-hybridized carbons (Fsp3) is 0.111. The standard InChI is InChI=1S/C9H7BCl2F3S.K/c1-6(10(13,14)15)5-16-7-2-3-8(11)9(12)4-7;/h2-4H,1,5H2;/q-1;+1. The van der Waals surface area contributed by atoms with Gasteiger partial charge in [-0.1, -0.05) is 23.2 Å². The van der Waals surface area contributed by atoms with E-state index in [1.807, 2.05) is 0 Å². The molecule has 0 amide bonds. The summed E-state index contributed by atoms with van der Waals surface area (Å²) in [7, 11) is 0. The van der Waals surface area contributed by atoms with Gasteiger partial charge in [-0.3, -0.25) is 0 Å². The summed E-state index contributed by atoms with van der Waals surface area (Å²) in [6, 6.07) is 4.70. The van der Waals surface area contributed by atoms with Crippen molar-refractivity contribution in [3.8, 4) is 0 Å². The SMILES string of the molecule is C=C(CSc1ccc(Cl)c(Cl)c1)[B-](F)(F)F.[K+]. The van der Waals surface area contributed by atoms with Crippen molar-refractivity contribution in [2.75, 3.05) is 5.75 Å². The van der Waals surface area contributed by atoms with E-state index in [1.54, 1.807) is 12.1 Å². The van der Waals surface area contributed by atoms with Gasteiger partial charge in [0.2, 0.25) is 0 Å². The summed E-state index contributed by atoms with van der Waals surface area (Å²) in [6.07, 6.45) is 0. The molecule has 0 heterocycles. The second kappa shape index (κ2) is 7.85. The van der Waals surface area contributed by atoms with Crippen LogP contribution in [-0.2, 0) is 0 Å². The number of rotatable bonds is 4. The summed E-state index contributed by atoms with van der Waals surface area (Å²) in [6.45, 7) is -1.96. The van der Waals surface area contributed by atoms with Gasteiger partial charge in [0.05, 0.1) is 10.0 Å². The summed E-state index contributed by atoms with van der Waals surface area (Å²) >= 11 is 12.4. The summed E-state index contributed by atoms with van der Waals surface area (Å²) in [5.74, 6) is -0.193. The molecule has 8 heteroatoms. The average molecular weight is 325 g/mol. The summed E-state index contributed by atoms with van der Waals surface area (Å²) in [4.78, 5) is 0.635. The van der Waals surface area contributed by atoms with Gasteiger partial charge >= 0.3 is 58.4 Å². The van der Waals surface area contributed by atoms with Gasteiger partial charge in [0.15, 0.2) is 0 Å². The number of halogens is 5. The minimum Gasteiger partial charge on any atom is -0.445 e. The van der Waals surface area contributed by atoms with Gasteiger partial charge in [-0.05, 0) is 24.0 Å². The predicted octanol–water partition coefficient (Wildman–Crippen LogP) is 2.03. The van der Waals surface area contributed by atoms with Gasteiger partial charge in [-0.15, -0.1) is 23.8 Å². The molecule has 0 saturated heterocycles. The Bertz CT molecular complexity index is 412. The molecule has 0 aliphatic rings. The molecule has 0 saturated carbocycles. The number of hydrogen-bond acceptors (Lipinski definition) is 1. The molecule has 0 fully saturated rings. The zero-order chi connectivity index (χ0) is 12.3. The van der Waals surface area contributed by atoms with Crippen LogP contribution in [0, 0.1) is 0 Å². The van der Waals surface area contributed by atoms with E-state index < -0.39 is 12.4 Å². The largest absolute Gasteiger partial charge is 1.00 e. The minimum absolute atomic E-state index is 0. The van der Waals surface area contributed by atoms with Crippen molar-refractivity contribution >= 4 is 41.9 Å². The molecule has 17 heavy (non-hydrogen) atoms. The van der Waals surface area contributed by atoms with E-state index in [4.69, 9.17) is 23.2 Å². The van der Waals surface area contributed by atoms with E-state index >= 15 is 0 Å². The van der Waals surface area contributed by atoms with Crippen LogP contribution in [0.15, 0.2) is 35.1 Å². The Hall–Kier alpha value is 1.38. The van der Waals surface area contributed by atoms with Crippen LogP contribution in [0.3, 0.4) is 0 Å². The topological polar surface area (TPSA) is 0 Å². The minimum atomic E-state index is -4.96. The van der Waals surface area contributed by atoms with Gasteiger partial charge in [0.25, 0.3) is 0 Å². The van der Waals surface area contributed by atoms with Crippen LogP contribution in [0.4, 0.5) is 12.9 Å². The van der Waals surface area contributed by atoms with E-state index in [9.17, 15) is 12.9 Å². The van der Waals surface area contributed by atoms with Crippen LogP contribution >= 0.6 is 35.0 Å². The number of hydrogen-bond donors (Lipinski definition) is 0. The molecule has 1 aromatic carbocycles. The fourth-order valence-electron chi connectivity index (χ4n) is 0.837. The first-order valence-corrected chi connectivity index (χ1v) is 6.00. The number of benzene rings is 1. The van der Waals surface area contributed by atoms with E-state index in [2.05, 4.69) is 6.58 Å². The predicted molar refractivity (Wildman–Crippen MR) is 65.4 cm³/mol. The molecule has 0 aliphatic heterocycles. The zero-order valence-corrected chi connectivity index (χ0v) is 14.5. The van der Waals surface area contributed by atoms with Crippen molar-refractivity contribution in [2.45, 2.75) is 4.90 Å². The third-order valence-corrected chi connectivity index (χ3v) is 3.62. The van der Waals surface area contributed by atoms with Crippen LogP contribution in [0.1, 0.15) is 0 Å². The van der Waals surface area contributed by atoms with E-state index in [-0.39, 0.29) is 57.1 Å². The molecule has 1 aromatic rings. The molecule has 0 unspecified atom stereocenters. The molecule has 0 N–H and O–H groups in total. The maximum atomic E-state index is 12.2. The third-order valence-electron chi connectivity index (χ3n) is 1.78. The molecule has 0 aromatic heterocycles. The molecular weight excluding hydrogens is 318 g/mol.